The van der Waals surface area contributed by atoms with Crippen molar-refractivity contribution in [2.75, 3.05) is 24.8 Å². The van der Waals surface area contributed by atoms with Gasteiger partial charge < -0.3 is 19.7 Å². The van der Waals surface area contributed by atoms with Gasteiger partial charge in [0.15, 0.2) is 11.5 Å². The Hall–Kier alpha value is -2.73. The van der Waals surface area contributed by atoms with Crippen LogP contribution in [0.15, 0.2) is 42.5 Å². The van der Waals surface area contributed by atoms with E-state index < -0.39 is 0 Å². The monoisotopic (exact) mass is 374 g/mol. The molecule has 1 N–H and O–H groups in total. The second kappa shape index (κ2) is 8.10. The molecule has 7 heteroatoms. The van der Waals surface area contributed by atoms with Crippen LogP contribution in [0.4, 0.5) is 5.69 Å². The molecule has 0 unspecified atom stereocenters. The highest BCUT2D eigenvalue weighted by Crippen LogP contribution is 2.35. The Morgan fingerprint density at radius 3 is 2.73 bits per heavy atom. The van der Waals surface area contributed by atoms with E-state index in [1.807, 2.05) is 18.2 Å². The Morgan fingerprint density at radius 1 is 1.15 bits per heavy atom. The van der Waals surface area contributed by atoms with Crippen molar-refractivity contribution >= 4 is 29.1 Å². The van der Waals surface area contributed by atoms with E-state index in [1.165, 1.54) is 11.8 Å². The Morgan fingerprint density at radius 2 is 1.96 bits per heavy atom. The van der Waals surface area contributed by atoms with Crippen LogP contribution in [-0.2, 0) is 16.0 Å². The largest absolute Gasteiger partial charge is 0.454 e. The summed E-state index contributed by atoms with van der Waals surface area (Å²) < 4.78 is 10.6. The molecular formula is C19H19ClN2O4. The van der Waals surface area contributed by atoms with Gasteiger partial charge in [-0.15, -0.1) is 0 Å². The fraction of sp³-hybridized carbons (Fsp3) is 0.263. The first-order valence-corrected chi connectivity index (χ1v) is 8.59. The summed E-state index contributed by atoms with van der Waals surface area (Å²) in [6.45, 7) is 1.98. The highest BCUT2D eigenvalue weighted by atomic mass is 35.5. The molecule has 2 amide bonds. The standard InChI is InChI=1S/C19H19ClN2O4/c1-13(23)22(16-5-6-17-18(10-16)26-12-25-17)11-19(24)21-8-7-14-3-2-4-15(20)9-14/h2-6,9-10H,7-8,11-12H2,1H3,(H,21,24). The SMILES string of the molecule is CC(=O)N(CC(=O)NCCc1cccc(Cl)c1)c1ccc2c(c1)OCO2. The van der Waals surface area contributed by atoms with E-state index in [9.17, 15) is 9.59 Å². The average molecular weight is 375 g/mol. The van der Waals surface area contributed by atoms with Gasteiger partial charge in [-0.3, -0.25) is 9.59 Å². The van der Waals surface area contributed by atoms with Gasteiger partial charge in [-0.2, -0.15) is 0 Å². The molecule has 26 heavy (non-hydrogen) atoms. The van der Waals surface area contributed by atoms with Gasteiger partial charge in [0.1, 0.15) is 6.54 Å². The van der Waals surface area contributed by atoms with Crippen LogP contribution in [-0.4, -0.2) is 31.7 Å². The molecule has 2 aromatic carbocycles. The van der Waals surface area contributed by atoms with Crippen molar-refractivity contribution in [1.29, 1.82) is 0 Å². The molecule has 0 radical (unpaired) electrons. The van der Waals surface area contributed by atoms with Crippen molar-refractivity contribution in [2.24, 2.45) is 0 Å². The van der Waals surface area contributed by atoms with Crippen molar-refractivity contribution in [3.8, 4) is 11.5 Å². The number of anilines is 1. The fourth-order valence-corrected chi connectivity index (χ4v) is 2.89. The molecule has 0 fully saturated rings. The maximum absolute atomic E-state index is 12.2. The van der Waals surface area contributed by atoms with Crippen molar-refractivity contribution in [1.82, 2.24) is 5.32 Å². The highest BCUT2D eigenvalue weighted by molar-refractivity contribution is 6.30. The fourth-order valence-electron chi connectivity index (χ4n) is 2.68. The molecule has 136 valence electrons. The minimum absolute atomic E-state index is 0.0650. The number of nitrogens with one attached hydrogen (secondary N) is 1. The summed E-state index contributed by atoms with van der Waals surface area (Å²) >= 11 is 5.95. The number of nitrogens with zero attached hydrogens (tertiary/aromatic N) is 1. The van der Waals surface area contributed by atoms with Gasteiger partial charge in [-0.1, -0.05) is 23.7 Å². The molecular weight excluding hydrogens is 356 g/mol. The average Bonchev–Trinajstić information content (AvgIpc) is 3.07. The molecule has 0 aliphatic carbocycles. The number of rotatable bonds is 6. The lowest BCUT2D eigenvalue weighted by atomic mass is 10.1. The van der Waals surface area contributed by atoms with Crippen molar-refractivity contribution < 1.29 is 19.1 Å². The number of benzene rings is 2. The number of carbonyl (C=O) groups is 2. The summed E-state index contributed by atoms with van der Waals surface area (Å²) in [6, 6.07) is 12.6. The summed E-state index contributed by atoms with van der Waals surface area (Å²) in [7, 11) is 0. The summed E-state index contributed by atoms with van der Waals surface area (Å²) in [5, 5.41) is 3.49. The predicted octanol–water partition coefficient (Wildman–Crippen LogP) is 2.78. The Balaban J connectivity index is 1.57. The van der Waals surface area contributed by atoms with Gasteiger partial charge in [-0.25, -0.2) is 0 Å². The minimum Gasteiger partial charge on any atom is -0.454 e. The zero-order valence-corrected chi connectivity index (χ0v) is 15.1. The van der Waals surface area contributed by atoms with E-state index >= 15 is 0 Å². The maximum atomic E-state index is 12.2. The Labute approximate surface area is 156 Å². The van der Waals surface area contributed by atoms with Gasteiger partial charge >= 0.3 is 0 Å². The van der Waals surface area contributed by atoms with Crippen LogP contribution >= 0.6 is 11.6 Å². The molecule has 1 aliphatic heterocycles. The molecule has 0 saturated heterocycles. The van der Waals surface area contributed by atoms with Crippen LogP contribution in [0.3, 0.4) is 0 Å². The number of hydrogen-bond donors (Lipinski definition) is 1. The van der Waals surface area contributed by atoms with E-state index in [2.05, 4.69) is 5.32 Å². The van der Waals surface area contributed by atoms with Crippen LogP contribution < -0.4 is 19.7 Å². The first-order valence-electron chi connectivity index (χ1n) is 8.22. The van der Waals surface area contributed by atoms with E-state index in [-0.39, 0.29) is 25.2 Å². The van der Waals surface area contributed by atoms with Crippen molar-refractivity contribution in [3.63, 3.8) is 0 Å². The summed E-state index contributed by atoms with van der Waals surface area (Å²) in [5.74, 6) is 0.729. The number of carbonyl (C=O) groups excluding carboxylic acids is 2. The van der Waals surface area contributed by atoms with Crippen molar-refractivity contribution in [3.05, 3.63) is 53.1 Å². The van der Waals surface area contributed by atoms with Crippen LogP contribution in [0.1, 0.15) is 12.5 Å². The number of ether oxygens (including phenoxy) is 2. The lowest BCUT2D eigenvalue weighted by molar-refractivity contribution is -0.123. The molecule has 3 rings (SSSR count). The summed E-state index contributed by atoms with van der Waals surface area (Å²) in [5.41, 5.74) is 1.63. The zero-order chi connectivity index (χ0) is 18.5. The molecule has 2 aromatic rings. The van der Waals surface area contributed by atoms with Crippen LogP contribution in [0.5, 0.6) is 11.5 Å². The van der Waals surface area contributed by atoms with Crippen molar-refractivity contribution in [2.45, 2.75) is 13.3 Å². The third-order valence-electron chi connectivity index (χ3n) is 3.97. The normalized spacial score (nSPS) is 11.9. The number of amides is 2. The lowest BCUT2D eigenvalue weighted by Gasteiger charge is -2.21. The van der Waals surface area contributed by atoms with Gasteiger partial charge in [-0.05, 0) is 36.2 Å². The van der Waals surface area contributed by atoms with Gasteiger partial charge in [0.2, 0.25) is 18.6 Å². The third kappa shape index (κ3) is 4.46. The molecule has 0 saturated carbocycles. The van der Waals surface area contributed by atoms with Gasteiger partial charge in [0.05, 0.1) is 0 Å². The van der Waals surface area contributed by atoms with E-state index in [0.717, 1.165) is 5.56 Å². The number of halogens is 1. The minimum atomic E-state index is -0.236. The molecule has 6 nitrogen and oxygen atoms in total. The lowest BCUT2D eigenvalue weighted by Crippen LogP contribution is -2.40. The third-order valence-corrected chi connectivity index (χ3v) is 4.21. The van der Waals surface area contributed by atoms with E-state index in [0.29, 0.717) is 35.2 Å². The zero-order valence-electron chi connectivity index (χ0n) is 14.3. The Kier molecular flexibility index (Phi) is 5.63. The topological polar surface area (TPSA) is 67.9 Å². The maximum Gasteiger partial charge on any atom is 0.240 e. The molecule has 1 aliphatic rings. The predicted molar refractivity (Wildman–Crippen MR) is 98.8 cm³/mol. The molecule has 0 atom stereocenters. The van der Waals surface area contributed by atoms with Gasteiger partial charge in [0, 0.05) is 30.2 Å². The van der Waals surface area contributed by atoms with E-state index in [1.54, 1.807) is 24.3 Å². The highest BCUT2D eigenvalue weighted by Gasteiger charge is 2.20. The van der Waals surface area contributed by atoms with Crippen LogP contribution in [0.2, 0.25) is 5.02 Å². The first kappa shape index (κ1) is 18.1. The summed E-state index contributed by atoms with van der Waals surface area (Å²) in [6.07, 6.45) is 0.663. The van der Waals surface area contributed by atoms with Crippen LogP contribution in [0.25, 0.3) is 0 Å². The Bertz CT molecular complexity index is 825. The second-order valence-electron chi connectivity index (χ2n) is 5.87. The smallest absolute Gasteiger partial charge is 0.240 e. The molecule has 0 bridgehead atoms. The van der Waals surface area contributed by atoms with Gasteiger partial charge in [0.25, 0.3) is 0 Å². The van der Waals surface area contributed by atoms with Crippen LogP contribution in [0, 0.1) is 0 Å². The number of hydrogen-bond acceptors (Lipinski definition) is 4. The molecule has 0 aromatic heterocycles. The second-order valence-corrected chi connectivity index (χ2v) is 6.31. The molecule has 1 heterocycles. The first-order chi connectivity index (χ1) is 12.5. The quantitative estimate of drug-likeness (QED) is 0.844. The number of fused-ring (bicyclic) bond motifs is 1. The van der Waals surface area contributed by atoms with E-state index in [4.69, 9.17) is 21.1 Å². The molecule has 0 spiro atoms. The summed E-state index contributed by atoms with van der Waals surface area (Å²) in [4.78, 5) is 25.6.